The zero-order valence-corrected chi connectivity index (χ0v) is 11.2. The lowest BCUT2D eigenvalue weighted by molar-refractivity contribution is 0.0942. The molecule has 1 aliphatic rings. The summed E-state index contributed by atoms with van der Waals surface area (Å²) in [5.41, 5.74) is -0.210. The molecule has 20 heavy (non-hydrogen) atoms. The predicted octanol–water partition coefficient (Wildman–Crippen LogP) is 2.22. The summed E-state index contributed by atoms with van der Waals surface area (Å²) in [4.78, 5) is 11.8. The molecule has 1 fully saturated rings. The Labute approximate surface area is 115 Å². The Hall–Kier alpha value is -1.56. The first kappa shape index (κ1) is 14.8. The summed E-state index contributed by atoms with van der Waals surface area (Å²) in [5.74, 6) is -4.58. The van der Waals surface area contributed by atoms with E-state index in [1.54, 1.807) is 0 Å². The van der Waals surface area contributed by atoms with Gasteiger partial charge in [-0.15, -0.1) is 0 Å². The third kappa shape index (κ3) is 3.50. The molecular formula is C14H17F3N2O. The van der Waals surface area contributed by atoms with E-state index in [9.17, 15) is 18.0 Å². The molecule has 6 heteroatoms. The van der Waals surface area contributed by atoms with Crippen LogP contribution in [0.4, 0.5) is 13.2 Å². The Kier molecular flexibility index (Phi) is 4.65. The molecule has 2 atom stereocenters. The fourth-order valence-electron chi connectivity index (χ4n) is 2.26. The number of carbonyl (C=O) groups is 1. The summed E-state index contributed by atoms with van der Waals surface area (Å²) in [5, 5.41) is 5.92. The molecule has 110 valence electrons. The maximum atomic E-state index is 13.0. The van der Waals surface area contributed by atoms with Gasteiger partial charge >= 0.3 is 0 Å². The van der Waals surface area contributed by atoms with Crippen LogP contribution in [0.2, 0.25) is 0 Å². The maximum absolute atomic E-state index is 13.0. The number of carbonyl (C=O) groups excluding carboxylic acids is 1. The van der Waals surface area contributed by atoms with Gasteiger partial charge in [-0.3, -0.25) is 4.79 Å². The van der Waals surface area contributed by atoms with Gasteiger partial charge in [-0.1, -0.05) is 0 Å². The fourth-order valence-corrected chi connectivity index (χ4v) is 2.26. The number of hydrogen-bond donors (Lipinski definition) is 2. The molecule has 0 aliphatic carbocycles. The normalized spacial score (nSPS) is 22.6. The van der Waals surface area contributed by atoms with Crippen LogP contribution in [0.25, 0.3) is 0 Å². The zero-order valence-electron chi connectivity index (χ0n) is 11.2. The van der Waals surface area contributed by atoms with E-state index in [1.165, 1.54) is 0 Å². The van der Waals surface area contributed by atoms with Crippen LogP contribution in [0, 0.1) is 23.4 Å². The minimum Gasteiger partial charge on any atom is -0.352 e. The van der Waals surface area contributed by atoms with Crippen LogP contribution in [0.3, 0.4) is 0 Å². The van der Waals surface area contributed by atoms with Crippen molar-refractivity contribution in [1.29, 1.82) is 0 Å². The average Bonchev–Trinajstić information content (AvgIpc) is 2.43. The second-order valence-electron chi connectivity index (χ2n) is 5.22. The number of amides is 1. The van der Waals surface area contributed by atoms with Crippen molar-refractivity contribution in [3.63, 3.8) is 0 Å². The van der Waals surface area contributed by atoms with Crippen LogP contribution in [-0.2, 0) is 0 Å². The van der Waals surface area contributed by atoms with Crippen LogP contribution in [0.5, 0.6) is 0 Å². The largest absolute Gasteiger partial charge is 0.352 e. The number of halogens is 3. The molecule has 1 amide bonds. The Morgan fingerprint density at radius 1 is 1.30 bits per heavy atom. The summed E-state index contributed by atoms with van der Waals surface area (Å²) in [6.07, 6.45) is 2.01. The monoisotopic (exact) mass is 286 g/mol. The SMILES string of the molecule is CC1CCC(CNC(=O)c2cc(F)c(F)c(F)c2)CN1. The zero-order chi connectivity index (χ0) is 14.7. The number of benzene rings is 1. The molecule has 1 aliphatic heterocycles. The second-order valence-corrected chi connectivity index (χ2v) is 5.22. The van der Waals surface area contributed by atoms with Crippen molar-refractivity contribution < 1.29 is 18.0 Å². The van der Waals surface area contributed by atoms with Gasteiger partial charge in [-0.05, 0) is 44.4 Å². The van der Waals surface area contributed by atoms with E-state index in [4.69, 9.17) is 0 Å². The summed E-state index contributed by atoms with van der Waals surface area (Å²) >= 11 is 0. The highest BCUT2D eigenvalue weighted by atomic mass is 19.2. The van der Waals surface area contributed by atoms with Crippen molar-refractivity contribution in [1.82, 2.24) is 10.6 Å². The summed E-state index contributed by atoms with van der Waals surface area (Å²) in [7, 11) is 0. The molecule has 3 nitrogen and oxygen atoms in total. The van der Waals surface area contributed by atoms with Gasteiger partial charge in [0.05, 0.1) is 0 Å². The molecule has 2 N–H and O–H groups in total. The Morgan fingerprint density at radius 2 is 1.95 bits per heavy atom. The third-order valence-electron chi connectivity index (χ3n) is 3.56. The van der Waals surface area contributed by atoms with Crippen LogP contribution < -0.4 is 10.6 Å². The first-order valence-corrected chi connectivity index (χ1v) is 6.63. The highest BCUT2D eigenvalue weighted by Crippen LogP contribution is 2.15. The smallest absolute Gasteiger partial charge is 0.251 e. The van der Waals surface area contributed by atoms with Gasteiger partial charge in [-0.25, -0.2) is 13.2 Å². The standard InChI is InChI=1S/C14H17F3N2O/c1-8-2-3-9(6-18-8)7-19-14(20)10-4-11(15)13(17)12(16)5-10/h4-5,8-9,18H,2-3,6-7H2,1H3,(H,19,20). The molecule has 0 bridgehead atoms. The summed E-state index contributed by atoms with van der Waals surface area (Å²) in [6.45, 7) is 3.33. The molecule has 1 saturated heterocycles. The van der Waals surface area contributed by atoms with Gasteiger partial charge in [0.15, 0.2) is 17.5 Å². The molecule has 2 unspecified atom stereocenters. The quantitative estimate of drug-likeness (QED) is 0.837. The molecule has 1 heterocycles. The van der Waals surface area contributed by atoms with E-state index in [-0.39, 0.29) is 5.56 Å². The van der Waals surface area contributed by atoms with Crippen LogP contribution in [0.1, 0.15) is 30.1 Å². The molecule has 0 aromatic heterocycles. The highest BCUT2D eigenvalue weighted by Gasteiger charge is 2.19. The predicted molar refractivity (Wildman–Crippen MR) is 68.8 cm³/mol. The van der Waals surface area contributed by atoms with Crippen molar-refractivity contribution in [2.45, 2.75) is 25.8 Å². The minimum absolute atomic E-state index is 0.210. The molecule has 0 radical (unpaired) electrons. The molecule has 0 spiro atoms. The highest BCUT2D eigenvalue weighted by molar-refractivity contribution is 5.94. The fraction of sp³-hybridized carbons (Fsp3) is 0.500. The summed E-state index contributed by atoms with van der Waals surface area (Å²) in [6, 6.07) is 1.88. The lowest BCUT2D eigenvalue weighted by Crippen LogP contribution is -2.42. The van der Waals surface area contributed by atoms with Gasteiger partial charge < -0.3 is 10.6 Å². The van der Waals surface area contributed by atoms with Crippen molar-refractivity contribution >= 4 is 5.91 Å². The molecule has 2 rings (SSSR count). The van der Waals surface area contributed by atoms with Crippen LogP contribution in [0.15, 0.2) is 12.1 Å². The first-order chi connectivity index (χ1) is 9.47. The van der Waals surface area contributed by atoms with Gasteiger partial charge in [-0.2, -0.15) is 0 Å². The Morgan fingerprint density at radius 3 is 2.50 bits per heavy atom. The van der Waals surface area contributed by atoms with E-state index in [1.807, 2.05) is 0 Å². The van der Waals surface area contributed by atoms with Crippen LogP contribution in [-0.4, -0.2) is 25.0 Å². The Bertz CT molecular complexity index is 476. The van der Waals surface area contributed by atoms with Gasteiger partial charge in [0, 0.05) is 18.2 Å². The average molecular weight is 286 g/mol. The number of piperidine rings is 1. The van der Waals surface area contributed by atoms with Crippen LogP contribution >= 0.6 is 0 Å². The second kappa shape index (κ2) is 6.26. The lowest BCUT2D eigenvalue weighted by atomic mass is 9.95. The van der Waals surface area contributed by atoms with Gasteiger partial charge in [0.1, 0.15) is 0 Å². The van der Waals surface area contributed by atoms with E-state index in [0.29, 0.717) is 30.6 Å². The number of nitrogens with one attached hydrogen (secondary N) is 2. The van der Waals surface area contributed by atoms with E-state index < -0.39 is 23.4 Å². The molecule has 1 aromatic carbocycles. The van der Waals surface area contributed by atoms with E-state index >= 15 is 0 Å². The van der Waals surface area contributed by atoms with Crippen molar-refractivity contribution in [2.75, 3.05) is 13.1 Å². The van der Waals surface area contributed by atoms with Crippen molar-refractivity contribution in [2.24, 2.45) is 5.92 Å². The lowest BCUT2D eigenvalue weighted by Gasteiger charge is -2.27. The molecule has 1 aromatic rings. The number of hydrogen-bond acceptors (Lipinski definition) is 2. The Balaban J connectivity index is 1.92. The van der Waals surface area contributed by atoms with E-state index in [2.05, 4.69) is 17.6 Å². The first-order valence-electron chi connectivity index (χ1n) is 6.63. The number of rotatable bonds is 3. The summed E-state index contributed by atoms with van der Waals surface area (Å²) < 4.78 is 38.9. The topological polar surface area (TPSA) is 41.1 Å². The minimum atomic E-state index is -1.56. The van der Waals surface area contributed by atoms with Crippen molar-refractivity contribution in [3.8, 4) is 0 Å². The molecule has 0 saturated carbocycles. The third-order valence-corrected chi connectivity index (χ3v) is 3.56. The van der Waals surface area contributed by atoms with Gasteiger partial charge in [0.2, 0.25) is 0 Å². The maximum Gasteiger partial charge on any atom is 0.251 e. The van der Waals surface area contributed by atoms with E-state index in [0.717, 1.165) is 19.4 Å². The van der Waals surface area contributed by atoms with Crippen molar-refractivity contribution in [3.05, 3.63) is 35.1 Å². The molecular weight excluding hydrogens is 269 g/mol. The van der Waals surface area contributed by atoms with Gasteiger partial charge in [0.25, 0.3) is 5.91 Å².